The van der Waals surface area contributed by atoms with Gasteiger partial charge in [-0.3, -0.25) is 9.78 Å². The van der Waals surface area contributed by atoms with Crippen molar-refractivity contribution in [2.24, 2.45) is 13.0 Å². The molecule has 0 bridgehead atoms. The van der Waals surface area contributed by atoms with Gasteiger partial charge in [0.2, 0.25) is 5.91 Å². The van der Waals surface area contributed by atoms with E-state index in [4.69, 9.17) is 0 Å². The van der Waals surface area contributed by atoms with E-state index in [1.165, 1.54) is 11.8 Å². The van der Waals surface area contributed by atoms with E-state index in [1.807, 2.05) is 6.07 Å². The second-order valence-corrected chi connectivity index (χ2v) is 7.58. The summed E-state index contributed by atoms with van der Waals surface area (Å²) < 4.78 is 1.74. The van der Waals surface area contributed by atoms with Gasteiger partial charge in [-0.25, -0.2) is 0 Å². The predicted molar refractivity (Wildman–Crippen MR) is 92.5 cm³/mol. The van der Waals surface area contributed by atoms with Crippen LogP contribution in [0.25, 0.3) is 11.4 Å². The molecule has 1 saturated heterocycles. The van der Waals surface area contributed by atoms with Gasteiger partial charge in [0.15, 0.2) is 11.0 Å². The minimum absolute atomic E-state index is 0. The number of carbonyl (C=O) groups excluding carboxylic acids is 2. The zero-order valence-corrected chi connectivity index (χ0v) is 18.4. The van der Waals surface area contributed by atoms with Crippen molar-refractivity contribution in [2.45, 2.75) is 30.6 Å². The van der Waals surface area contributed by atoms with Crippen molar-refractivity contribution in [3.8, 4) is 11.4 Å². The fraction of sp³-hybridized carbons (Fsp3) is 0.353. The molecule has 3 atom stereocenters. The fourth-order valence-corrected chi connectivity index (χ4v) is 4.63. The molecule has 1 amide bonds. The molecule has 0 aromatic carbocycles. The van der Waals surface area contributed by atoms with Crippen molar-refractivity contribution < 1.29 is 49.4 Å². The molecule has 4 rings (SSSR count). The molecule has 28 heavy (non-hydrogen) atoms. The van der Waals surface area contributed by atoms with Gasteiger partial charge in [-0.05, 0) is 19.1 Å². The van der Waals surface area contributed by atoms with E-state index in [1.54, 1.807) is 30.1 Å². The van der Waals surface area contributed by atoms with Crippen LogP contribution in [0, 0.1) is 5.92 Å². The quantitative estimate of drug-likeness (QED) is 0.399. The van der Waals surface area contributed by atoms with Crippen molar-refractivity contribution in [3.05, 3.63) is 35.1 Å². The minimum atomic E-state index is -1.41. The number of amides is 1. The third-order valence-electron chi connectivity index (χ3n) is 4.85. The Labute approximate surface area is 187 Å². The molecule has 0 radical (unpaired) electrons. The number of hydrogen-bond donors (Lipinski definition) is 1. The molecule has 140 valence electrons. The van der Waals surface area contributed by atoms with Crippen molar-refractivity contribution in [1.82, 2.24) is 24.6 Å². The fourth-order valence-electron chi connectivity index (χ4n) is 3.57. The summed E-state index contributed by atoms with van der Waals surface area (Å²) in [4.78, 5) is 29.6. The van der Waals surface area contributed by atoms with Crippen LogP contribution in [-0.2, 0) is 16.6 Å². The Morgan fingerprint density at radius 3 is 2.79 bits per heavy atom. The number of aliphatic carboxylic acids is 1. The molecule has 1 fully saturated rings. The molecule has 9 nitrogen and oxygen atoms in total. The van der Waals surface area contributed by atoms with Gasteiger partial charge in [0.1, 0.15) is 0 Å². The van der Waals surface area contributed by atoms with Gasteiger partial charge in [0.05, 0.1) is 29.7 Å². The van der Waals surface area contributed by atoms with Crippen LogP contribution in [0.4, 0.5) is 0 Å². The first kappa shape index (κ1) is 21.0. The molecule has 2 aliphatic heterocycles. The third kappa shape index (κ3) is 3.29. The topological polar surface area (TPSA) is 124 Å². The third-order valence-corrected chi connectivity index (χ3v) is 6.00. The molecule has 2 aliphatic rings. The molecule has 2 aromatic rings. The van der Waals surface area contributed by atoms with Crippen molar-refractivity contribution in [2.75, 3.05) is 0 Å². The number of β-lactam (4-membered cyclic amide) rings is 1. The van der Waals surface area contributed by atoms with Gasteiger partial charge in [-0.15, -0.1) is 10.2 Å². The molecule has 1 N–H and O–H groups in total. The maximum absolute atomic E-state index is 12.2. The summed E-state index contributed by atoms with van der Waals surface area (Å²) in [6.07, 6.45) is 2.82. The summed E-state index contributed by atoms with van der Waals surface area (Å²) in [5.74, 6) is -1.80. The van der Waals surface area contributed by atoms with Crippen LogP contribution in [0.1, 0.15) is 13.3 Å². The number of rotatable bonds is 5. The van der Waals surface area contributed by atoms with Crippen molar-refractivity contribution >= 4 is 23.6 Å². The van der Waals surface area contributed by atoms with Crippen LogP contribution < -0.4 is 34.7 Å². The van der Waals surface area contributed by atoms with Gasteiger partial charge in [0.25, 0.3) is 0 Å². The number of thioether (sulfide) groups is 1. The Kier molecular flexibility index (Phi) is 5.97. The predicted octanol–water partition coefficient (Wildman–Crippen LogP) is -3.45. The van der Waals surface area contributed by atoms with Crippen molar-refractivity contribution in [3.63, 3.8) is 0 Å². The molecule has 4 heterocycles. The van der Waals surface area contributed by atoms with E-state index in [9.17, 15) is 19.8 Å². The molecule has 0 aliphatic carbocycles. The number of carboxylic acid groups (broad SMARTS) is 1. The number of pyridine rings is 1. The molecular formula is C17H16N5NaO4S. The van der Waals surface area contributed by atoms with Gasteiger partial charge < -0.3 is 24.5 Å². The number of aliphatic hydroxyl groups excluding tert-OH is 1. The summed E-state index contributed by atoms with van der Waals surface area (Å²) in [6, 6.07) is 3.28. The van der Waals surface area contributed by atoms with Gasteiger partial charge in [0, 0.05) is 36.3 Å². The molecular weight excluding hydrogens is 393 g/mol. The standard InChI is InChI=1S/C17H17N5O4S.Na/c1-8(23)12-10-6-11(13(16(25)26)22(10)15(12)24)27-17-20-19-14(21(17)2)9-4-3-5-18-7-9;/h3-5,7-8,10,12,23H,6H2,1-2H3,(H,25,26);/q;+1/p-1/t8-,10-,12-;/m1./s1. The molecule has 0 saturated carbocycles. The van der Waals surface area contributed by atoms with Crippen molar-refractivity contribution in [1.29, 1.82) is 0 Å². The Bertz CT molecular complexity index is 962. The molecule has 11 heteroatoms. The minimum Gasteiger partial charge on any atom is -0.543 e. The van der Waals surface area contributed by atoms with Crippen LogP contribution >= 0.6 is 11.8 Å². The number of nitrogens with zero attached hydrogens (tertiary/aromatic N) is 5. The number of fused-ring (bicyclic) bond motifs is 1. The second-order valence-electron chi connectivity index (χ2n) is 6.51. The number of aromatic nitrogens is 4. The SMILES string of the molecule is C[C@@H](O)[C@H]1C(=O)N2C(C(=O)[O-])=C(Sc3nnc(-c4cccnc4)n3C)C[C@H]12.[Na+]. The van der Waals surface area contributed by atoms with Crippen LogP contribution in [-0.4, -0.2) is 53.8 Å². The molecule has 2 aromatic heterocycles. The first-order valence-electron chi connectivity index (χ1n) is 8.33. The molecule has 0 spiro atoms. The van der Waals surface area contributed by atoms with Crippen LogP contribution in [0.2, 0.25) is 0 Å². The smallest absolute Gasteiger partial charge is 0.543 e. The number of carboxylic acids is 1. The molecule has 0 unspecified atom stereocenters. The number of aliphatic hydroxyl groups is 1. The van der Waals surface area contributed by atoms with Crippen LogP contribution in [0.5, 0.6) is 0 Å². The Morgan fingerprint density at radius 1 is 1.43 bits per heavy atom. The van der Waals surface area contributed by atoms with E-state index in [0.717, 1.165) is 17.3 Å². The zero-order valence-electron chi connectivity index (χ0n) is 15.6. The summed E-state index contributed by atoms with van der Waals surface area (Å²) >= 11 is 1.15. The summed E-state index contributed by atoms with van der Waals surface area (Å²) in [5.41, 5.74) is 0.644. The van der Waals surface area contributed by atoms with Crippen LogP contribution in [0.15, 0.2) is 40.3 Å². The van der Waals surface area contributed by atoms with E-state index in [-0.39, 0.29) is 47.2 Å². The zero-order chi connectivity index (χ0) is 19.3. The van der Waals surface area contributed by atoms with Gasteiger partial charge >= 0.3 is 29.6 Å². The van der Waals surface area contributed by atoms with E-state index >= 15 is 0 Å². The van der Waals surface area contributed by atoms with Gasteiger partial charge in [-0.1, -0.05) is 11.8 Å². The second kappa shape index (κ2) is 7.96. The average molecular weight is 409 g/mol. The Morgan fingerprint density at radius 2 is 2.18 bits per heavy atom. The van der Waals surface area contributed by atoms with E-state index in [0.29, 0.717) is 22.3 Å². The Hall–Kier alpha value is -1.72. The summed E-state index contributed by atoms with van der Waals surface area (Å²) in [7, 11) is 1.78. The van der Waals surface area contributed by atoms with E-state index in [2.05, 4.69) is 15.2 Å². The van der Waals surface area contributed by atoms with Gasteiger partial charge in [-0.2, -0.15) is 0 Å². The summed E-state index contributed by atoms with van der Waals surface area (Å²) in [6.45, 7) is 1.53. The average Bonchev–Trinajstić information content (AvgIpc) is 3.14. The first-order chi connectivity index (χ1) is 12.9. The van der Waals surface area contributed by atoms with Crippen LogP contribution in [0.3, 0.4) is 0 Å². The first-order valence-corrected chi connectivity index (χ1v) is 9.15. The number of hydrogen-bond acceptors (Lipinski definition) is 8. The monoisotopic (exact) mass is 409 g/mol. The van der Waals surface area contributed by atoms with E-state index < -0.39 is 18.0 Å². The number of carbonyl (C=O) groups is 2. The maximum Gasteiger partial charge on any atom is 1.00 e. The summed E-state index contributed by atoms with van der Waals surface area (Å²) in [5, 5.41) is 30.2. The normalized spacial score (nSPS) is 21.8. The maximum atomic E-state index is 12.2. The Balaban J connectivity index is 0.00000225. The largest absolute Gasteiger partial charge is 1.00 e.